The van der Waals surface area contributed by atoms with Crippen LogP contribution < -0.4 is 0 Å². The largest absolute Gasteiger partial charge is 0.296 e. The zero-order valence-corrected chi connectivity index (χ0v) is 8.26. The van der Waals surface area contributed by atoms with E-state index in [-0.39, 0.29) is 0 Å². The van der Waals surface area contributed by atoms with Crippen LogP contribution in [0.4, 0.5) is 4.39 Å². The quantitative estimate of drug-likeness (QED) is 0.612. The lowest BCUT2D eigenvalue weighted by Crippen LogP contribution is -2.40. The van der Waals surface area contributed by atoms with Crippen LogP contribution >= 0.6 is 0 Å². The van der Waals surface area contributed by atoms with Gasteiger partial charge >= 0.3 is 0 Å². The van der Waals surface area contributed by atoms with E-state index in [1.807, 2.05) is 0 Å². The number of hydrogen-bond donors (Lipinski definition) is 0. The lowest BCUT2D eigenvalue weighted by Gasteiger charge is -2.30. The Labute approximate surface area is 69.6 Å². The van der Waals surface area contributed by atoms with Crippen molar-refractivity contribution in [3.63, 3.8) is 0 Å². The maximum atomic E-state index is 12.6. The van der Waals surface area contributed by atoms with Gasteiger partial charge in [0.25, 0.3) is 0 Å². The summed E-state index contributed by atoms with van der Waals surface area (Å²) in [5, 5.41) is 0. The molecule has 0 bridgehead atoms. The molecule has 0 saturated heterocycles. The molecular formula is C9H20FN. The first-order valence-electron chi connectivity index (χ1n) is 4.35. The van der Waals surface area contributed by atoms with Gasteiger partial charge in [0.2, 0.25) is 0 Å². The van der Waals surface area contributed by atoms with Crippen molar-refractivity contribution < 1.29 is 4.39 Å². The van der Waals surface area contributed by atoms with Gasteiger partial charge in [0.1, 0.15) is 6.17 Å². The van der Waals surface area contributed by atoms with Gasteiger partial charge in [-0.05, 0) is 34.6 Å². The third-order valence-corrected chi connectivity index (χ3v) is 1.79. The highest BCUT2D eigenvalue weighted by Gasteiger charge is 2.15. The van der Waals surface area contributed by atoms with Gasteiger partial charge in [-0.25, -0.2) is 4.39 Å². The molecule has 0 aromatic carbocycles. The second kappa shape index (κ2) is 4.70. The van der Waals surface area contributed by atoms with Gasteiger partial charge < -0.3 is 0 Å². The van der Waals surface area contributed by atoms with Crippen LogP contribution in [0.5, 0.6) is 0 Å². The van der Waals surface area contributed by atoms with E-state index in [0.29, 0.717) is 18.6 Å². The fraction of sp³-hybridized carbons (Fsp3) is 1.00. The molecule has 0 N–H and O–H groups in total. The number of rotatable bonds is 4. The maximum Gasteiger partial charge on any atom is 0.110 e. The minimum Gasteiger partial charge on any atom is -0.296 e. The number of alkyl halides is 1. The molecule has 1 nitrogen and oxygen atoms in total. The summed E-state index contributed by atoms with van der Waals surface area (Å²) in [6.07, 6.45) is -0.722. The van der Waals surface area contributed by atoms with Crippen LogP contribution in [0, 0.1) is 0 Å². The van der Waals surface area contributed by atoms with Crippen LogP contribution in [0.1, 0.15) is 34.6 Å². The van der Waals surface area contributed by atoms with E-state index in [1.165, 1.54) is 0 Å². The first kappa shape index (κ1) is 10.9. The summed E-state index contributed by atoms with van der Waals surface area (Å²) in [6, 6.07) is 0.876. The summed E-state index contributed by atoms with van der Waals surface area (Å²) in [5.74, 6) is 0. The second-order valence-corrected chi connectivity index (χ2v) is 3.67. The summed E-state index contributed by atoms with van der Waals surface area (Å²) in [4.78, 5) is 2.16. The van der Waals surface area contributed by atoms with Crippen molar-refractivity contribution in [3.05, 3.63) is 0 Å². The van der Waals surface area contributed by atoms with E-state index in [9.17, 15) is 4.39 Å². The molecule has 0 fully saturated rings. The van der Waals surface area contributed by atoms with E-state index in [0.717, 1.165) is 0 Å². The maximum absolute atomic E-state index is 12.6. The molecular weight excluding hydrogens is 141 g/mol. The second-order valence-electron chi connectivity index (χ2n) is 3.67. The molecule has 11 heavy (non-hydrogen) atoms. The standard InChI is InChI=1S/C9H20FN/c1-7(2)11(8(3)4)6-9(5)10/h7-9H,6H2,1-5H3/t9-/m0/s1. The van der Waals surface area contributed by atoms with Gasteiger partial charge in [-0.3, -0.25) is 4.90 Å². The average Bonchev–Trinajstić information content (AvgIpc) is 1.81. The minimum atomic E-state index is -0.722. The molecule has 2 heteroatoms. The van der Waals surface area contributed by atoms with E-state index >= 15 is 0 Å². The first-order valence-corrected chi connectivity index (χ1v) is 4.35. The highest BCUT2D eigenvalue weighted by molar-refractivity contribution is 4.69. The smallest absolute Gasteiger partial charge is 0.110 e. The normalized spacial score (nSPS) is 15.0. The topological polar surface area (TPSA) is 3.24 Å². The fourth-order valence-corrected chi connectivity index (χ4v) is 1.31. The highest BCUT2D eigenvalue weighted by atomic mass is 19.1. The van der Waals surface area contributed by atoms with Crippen LogP contribution in [0.2, 0.25) is 0 Å². The highest BCUT2D eigenvalue weighted by Crippen LogP contribution is 2.06. The zero-order chi connectivity index (χ0) is 9.02. The zero-order valence-electron chi connectivity index (χ0n) is 8.26. The van der Waals surface area contributed by atoms with Crippen LogP contribution in [-0.4, -0.2) is 29.7 Å². The molecule has 0 radical (unpaired) electrons. The van der Waals surface area contributed by atoms with Gasteiger partial charge in [0, 0.05) is 18.6 Å². The third-order valence-electron chi connectivity index (χ3n) is 1.79. The van der Waals surface area contributed by atoms with E-state index < -0.39 is 6.17 Å². The van der Waals surface area contributed by atoms with Crippen LogP contribution in [0.25, 0.3) is 0 Å². The van der Waals surface area contributed by atoms with Crippen LogP contribution in [0.15, 0.2) is 0 Å². The van der Waals surface area contributed by atoms with E-state index in [1.54, 1.807) is 6.92 Å². The van der Waals surface area contributed by atoms with Gasteiger partial charge in [-0.15, -0.1) is 0 Å². The van der Waals surface area contributed by atoms with Crippen molar-refractivity contribution in [1.82, 2.24) is 4.90 Å². The molecule has 0 aromatic rings. The summed E-state index contributed by atoms with van der Waals surface area (Å²) in [6.45, 7) is 10.6. The van der Waals surface area contributed by atoms with Crippen LogP contribution in [-0.2, 0) is 0 Å². The summed E-state index contributed by atoms with van der Waals surface area (Å²) < 4.78 is 12.6. The Hall–Kier alpha value is -0.110. The first-order chi connectivity index (χ1) is 4.95. The molecule has 0 heterocycles. The molecule has 0 aliphatic carbocycles. The molecule has 0 amide bonds. The van der Waals surface area contributed by atoms with Crippen molar-refractivity contribution in [3.8, 4) is 0 Å². The van der Waals surface area contributed by atoms with Crippen molar-refractivity contribution in [2.24, 2.45) is 0 Å². The van der Waals surface area contributed by atoms with E-state index in [2.05, 4.69) is 32.6 Å². The Bertz CT molecular complexity index is 91.7. The molecule has 68 valence electrons. The van der Waals surface area contributed by atoms with Gasteiger partial charge in [-0.1, -0.05) is 0 Å². The van der Waals surface area contributed by atoms with Gasteiger partial charge in [0.15, 0.2) is 0 Å². The molecule has 0 spiro atoms. The SMILES string of the molecule is CC(C)N(C[C@H](C)F)C(C)C. The summed E-state index contributed by atoms with van der Waals surface area (Å²) in [7, 11) is 0. The number of nitrogens with zero attached hydrogens (tertiary/aromatic N) is 1. The predicted octanol–water partition coefficient (Wildman–Crippen LogP) is 2.46. The molecule has 0 aliphatic heterocycles. The molecule has 0 rings (SSSR count). The Morgan fingerprint density at radius 1 is 1.00 bits per heavy atom. The van der Waals surface area contributed by atoms with Crippen molar-refractivity contribution in [2.75, 3.05) is 6.54 Å². The molecule has 0 saturated carbocycles. The Kier molecular flexibility index (Phi) is 4.66. The molecule has 0 aliphatic rings. The van der Waals surface area contributed by atoms with Crippen molar-refractivity contribution >= 4 is 0 Å². The number of hydrogen-bond acceptors (Lipinski definition) is 1. The van der Waals surface area contributed by atoms with Crippen molar-refractivity contribution in [1.29, 1.82) is 0 Å². The molecule has 0 unspecified atom stereocenters. The Morgan fingerprint density at radius 2 is 1.36 bits per heavy atom. The average molecular weight is 161 g/mol. The van der Waals surface area contributed by atoms with Crippen LogP contribution in [0.3, 0.4) is 0 Å². The lowest BCUT2D eigenvalue weighted by atomic mass is 10.2. The number of halogens is 1. The minimum absolute atomic E-state index is 0.438. The van der Waals surface area contributed by atoms with E-state index in [4.69, 9.17) is 0 Å². The van der Waals surface area contributed by atoms with Gasteiger partial charge in [0.05, 0.1) is 0 Å². The van der Waals surface area contributed by atoms with Crippen molar-refractivity contribution in [2.45, 2.75) is 52.9 Å². The van der Waals surface area contributed by atoms with Gasteiger partial charge in [-0.2, -0.15) is 0 Å². The summed E-state index contributed by atoms with van der Waals surface area (Å²) in [5.41, 5.74) is 0. The lowest BCUT2D eigenvalue weighted by molar-refractivity contribution is 0.132. The Morgan fingerprint density at radius 3 is 1.45 bits per heavy atom. The summed E-state index contributed by atoms with van der Waals surface area (Å²) >= 11 is 0. The fourth-order valence-electron chi connectivity index (χ4n) is 1.31. The molecule has 0 aromatic heterocycles. The predicted molar refractivity (Wildman–Crippen MR) is 47.5 cm³/mol. The third kappa shape index (κ3) is 4.35. The molecule has 1 atom stereocenters. The monoisotopic (exact) mass is 161 g/mol. The Balaban J connectivity index is 3.90.